The summed E-state index contributed by atoms with van der Waals surface area (Å²) in [4.78, 5) is 37.7. The fourth-order valence-electron chi connectivity index (χ4n) is 3.02. The maximum absolute atomic E-state index is 12.5. The molecule has 1 aliphatic heterocycles. The number of imide groups is 1. The van der Waals surface area contributed by atoms with E-state index < -0.39 is 6.03 Å². The largest absolute Gasteiger partial charge is 0.343 e. The lowest BCUT2D eigenvalue weighted by molar-refractivity contribution is -0.122. The Morgan fingerprint density at radius 1 is 1.22 bits per heavy atom. The molecule has 0 spiro atoms. The molecule has 2 unspecified atom stereocenters. The van der Waals surface area contributed by atoms with Crippen LogP contribution in [0.4, 0.5) is 4.79 Å². The number of nitrogens with zero attached hydrogens (tertiary/aromatic N) is 1. The summed E-state index contributed by atoms with van der Waals surface area (Å²) in [5.41, 5.74) is 2.25. The van der Waals surface area contributed by atoms with Gasteiger partial charge in [0.1, 0.15) is 13.1 Å². The van der Waals surface area contributed by atoms with Crippen LogP contribution in [0.15, 0.2) is 41.8 Å². The van der Waals surface area contributed by atoms with E-state index in [-0.39, 0.29) is 30.9 Å². The first-order chi connectivity index (χ1) is 13.0. The fourth-order valence-corrected chi connectivity index (χ4v) is 3.82. The number of thiophene rings is 1. The molecular weight excluding hydrogens is 362 g/mol. The number of urea groups is 1. The summed E-state index contributed by atoms with van der Waals surface area (Å²) >= 11 is 1.56. The summed E-state index contributed by atoms with van der Waals surface area (Å²) in [6, 6.07) is 11.4. The first kappa shape index (κ1) is 19.1. The Hall–Kier alpha value is -2.67. The predicted molar refractivity (Wildman–Crippen MR) is 105 cm³/mol. The molecule has 2 N–H and O–H groups in total. The van der Waals surface area contributed by atoms with E-state index in [1.165, 1.54) is 10.5 Å². The second-order valence-corrected chi connectivity index (χ2v) is 7.68. The standard InChI is InChI=1S/C20H23N3O3S/c1-3-13(2)14-6-8-15(9-7-14)19(16-5-4-10-27-16)21-17(24)11-23-12-18(25)22-20(23)26/h4-10,13,19H,3,11-12H2,1-2H3,(H,21,24)(H,22,25,26). The zero-order valence-corrected chi connectivity index (χ0v) is 16.2. The monoisotopic (exact) mass is 385 g/mol. The Bertz CT molecular complexity index is 818. The maximum Gasteiger partial charge on any atom is 0.325 e. The smallest absolute Gasteiger partial charge is 0.325 e. The molecule has 1 aromatic heterocycles. The minimum Gasteiger partial charge on any atom is -0.343 e. The van der Waals surface area contributed by atoms with Crippen LogP contribution >= 0.6 is 11.3 Å². The van der Waals surface area contributed by atoms with Gasteiger partial charge in [0, 0.05) is 4.88 Å². The first-order valence-corrected chi connectivity index (χ1v) is 9.87. The minimum atomic E-state index is -0.527. The average molecular weight is 385 g/mol. The van der Waals surface area contributed by atoms with Crippen LogP contribution in [0.3, 0.4) is 0 Å². The normalized spacial score (nSPS) is 16.1. The van der Waals surface area contributed by atoms with E-state index in [1.807, 2.05) is 29.6 Å². The molecule has 142 valence electrons. The van der Waals surface area contributed by atoms with Crippen molar-refractivity contribution < 1.29 is 14.4 Å². The molecule has 4 amide bonds. The molecule has 1 aromatic carbocycles. The van der Waals surface area contributed by atoms with Gasteiger partial charge in [0.15, 0.2) is 0 Å². The van der Waals surface area contributed by atoms with Crippen molar-refractivity contribution in [2.24, 2.45) is 0 Å². The van der Waals surface area contributed by atoms with Crippen LogP contribution in [-0.2, 0) is 9.59 Å². The third-order valence-corrected chi connectivity index (χ3v) is 5.72. The van der Waals surface area contributed by atoms with E-state index >= 15 is 0 Å². The molecule has 0 aliphatic carbocycles. The SMILES string of the molecule is CCC(C)c1ccc(C(NC(=O)CN2CC(=O)NC2=O)c2cccs2)cc1. The number of hydrogen-bond donors (Lipinski definition) is 2. The van der Waals surface area contributed by atoms with Crippen LogP contribution < -0.4 is 10.6 Å². The summed E-state index contributed by atoms with van der Waals surface area (Å²) in [5, 5.41) is 7.14. The van der Waals surface area contributed by atoms with E-state index in [2.05, 4.69) is 36.6 Å². The number of amides is 4. The topological polar surface area (TPSA) is 78.5 Å². The van der Waals surface area contributed by atoms with Crippen molar-refractivity contribution in [3.8, 4) is 0 Å². The zero-order chi connectivity index (χ0) is 19.4. The Balaban J connectivity index is 1.75. The van der Waals surface area contributed by atoms with E-state index in [1.54, 1.807) is 11.3 Å². The van der Waals surface area contributed by atoms with Crippen LogP contribution in [0.5, 0.6) is 0 Å². The highest BCUT2D eigenvalue weighted by molar-refractivity contribution is 7.10. The van der Waals surface area contributed by atoms with Gasteiger partial charge in [0.05, 0.1) is 6.04 Å². The molecule has 2 heterocycles. The van der Waals surface area contributed by atoms with Gasteiger partial charge in [-0.05, 0) is 34.9 Å². The molecule has 0 radical (unpaired) electrons. The van der Waals surface area contributed by atoms with E-state index in [9.17, 15) is 14.4 Å². The molecule has 2 aromatic rings. The number of carbonyl (C=O) groups excluding carboxylic acids is 3. The van der Waals surface area contributed by atoms with Crippen LogP contribution in [0.25, 0.3) is 0 Å². The third kappa shape index (κ3) is 4.54. The molecular formula is C20H23N3O3S. The van der Waals surface area contributed by atoms with Crippen LogP contribution in [-0.4, -0.2) is 35.8 Å². The quantitative estimate of drug-likeness (QED) is 0.719. The molecule has 1 aliphatic rings. The van der Waals surface area contributed by atoms with Crippen molar-refractivity contribution in [3.05, 3.63) is 57.8 Å². The van der Waals surface area contributed by atoms with Crippen LogP contribution in [0.1, 0.15) is 48.2 Å². The molecule has 27 heavy (non-hydrogen) atoms. The van der Waals surface area contributed by atoms with Gasteiger partial charge >= 0.3 is 6.03 Å². The first-order valence-electron chi connectivity index (χ1n) is 8.99. The molecule has 1 fully saturated rings. The van der Waals surface area contributed by atoms with Crippen molar-refractivity contribution in [3.63, 3.8) is 0 Å². The molecule has 0 bridgehead atoms. The number of benzene rings is 1. The van der Waals surface area contributed by atoms with Gasteiger partial charge in [-0.15, -0.1) is 11.3 Å². The van der Waals surface area contributed by atoms with Gasteiger partial charge in [-0.25, -0.2) is 4.79 Å². The average Bonchev–Trinajstić information content (AvgIpc) is 3.29. The van der Waals surface area contributed by atoms with E-state index in [0.29, 0.717) is 5.92 Å². The lowest BCUT2D eigenvalue weighted by Gasteiger charge is -2.21. The van der Waals surface area contributed by atoms with Gasteiger partial charge in [0.2, 0.25) is 11.8 Å². The summed E-state index contributed by atoms with van der Waals surface area (Å²) in [7, 11) is 0. The van der Waals surface area contributed by atoms with Crippen molar-refractivity contribution in [2.45, 2.75) is 32.2 Å². The maximum atomic E-state index is 12.5. The highest BCUT2D eigenvalue weighted by Gasteiger charge is 2.29. The lowest BCUT2D eigenvalue weighted by Crippen LogP contribution is -2.40. The van der Waals surface area contributed by atoms with Gasteiger partial charge in [-0.2, -0.15) is 0 Å². The highest BCUT2D eigenvalue weighted by Crippen LogP contribution is 2.28. The predicted octanol–water partition coefficient (Wildman–Crippen LogP) is 3.02. The van der Waals surface area contributed by atoms with Crippen molar-refractivity contribution >= 4 is 29.2 Å². The van der Waals surface area contributed by atoms with E-state index in [0.717, 1.165) is 16.9 Å². The van der Waals surface area contributed by atoms with Crippen molar-refractivity contribution in [1.82, 2.24) is 15.5 Å². The molecule has 7 heteroatoms. The highest BCUT2D eigenvalue weighted by atomic mass is 32.1. The number of hydrogen-bond acceptors (Lipinski definition) is 4. The number of rotatable bonds is 7. The van der Waals surface area contributed by atoms with Gasteiger partial charge in [-0.3, -0.25) is 14.9 Å². The molecule has 0 saturated carbocycles. The molecule has 1 saturated heterocycles. The molecule has 3 rings (SSSR count). The molecule has 6 nitrogen and oxygen atoms in total. The summed E-state index contributed by atoms with van der Waals surface area (Å²) in [6.07, 6.45) is 1.07. The second-order valence-electron chi connectivity index (χ2n) is 6.70. The fraction of sp³-hybridized carbons (Fsp3) is 0.350. The number of nitrogens with one attached hydrogen (secondary N) is 2. The Morgan fingerprint density at radius 3 is 2.48 bits per heavy atom. The zero-order valence-electron chi connectivity index (χ0n) is 15.4. The summed E-state index contributed by atoms with van der Waals surface area (Å²) in [5.74, 6) is -0.201. The van der Waals surface area contributed by atoms with E-state index in [4.69, 9.17) is 0 Å². The van der Waals surface area contributed by atoms with Gasteiger partial charge in [-0.1, -0.05) is 44.2 Å². The summed E-state index contributed by atoms with van der Waals surface area (Å²) in [6.45, 7) is 4.12. The van der Waals surface area contributed by atoms with Crippen molar-refractivity contribution in [1.29, 1.82) is 0 Å². The molecule has 2 atom stereocenters. The third-order valence-electron chi connectivity index (χ3n) is 4.79. The van der Waals surface area contributed by atoms with Crippen LogP contribution in [0.2, 0.25) is 0 Å². The number of carbonyl (C=O) groups is 3. The minimum absolute atomic E-state index is 0.0838. The van der Waals surface area contributed by atoms with Crippen LogP contribution in [0, 0.1) is 0 Å². The Labute approximate surface area is 162 Å². The Morgan fingerprint density at radius 2 is 1.93 bits per heavy atom. The Kier molecular flexibility index (Phi) is 5.91. The van der Waals surface area contributed by atoms with Crippen molar-refractivity contribution in [2.75, 3.05) is 13.1 Å². The lowest BCUT2D eigenvalue weighted by atomic mass is 9.95. The summed E-state index contributed by atoms with van der Waals surface area (Å²) < 4.78 is 0. The second kappa shape index (κ2) is 8.35. The van der Waals surface area contributed by atoms with Gasteiger partial charge < -0.3 is 10.2 Å². The van der Waals surface area contributed by atoms with Gasteiger partial charge in [0.25, 0.3) is 0 Å².